The van der Waals surface area contributed by atoms with E-state index in [-0.39, 0.29) is 0 Å². The van der Waals surface area contributed by atoms with Gasteiger partial charge in [0, 0.05) is 18.3 Å². The first kappa shape index (κ1) is 13.6. The molecule has 0 aliphatic carbocycles. The second-order valence-electron chi connectivity index (χ2n) is 4.37. The summed E-state index contributed by atoms with van der Waals surface area (Å²) in [5.74, 6) is 2.40. The number of benzene rings is 1. The van der Waals surface area contributed by atoms with E-state index >= 15 is 0 Å². The van der Waals surface area contributed by atoms with Gasteiger partial charge in [-0.1, -0.05) is 30.7 Å². The van der Waals surface area contributed by atoms with Crippen molar-refractivity contribution in [3.63, 3.8) is 0 Å². The number of aryl methyl sites for hydroxylation is 2. The third kappa shape index (κ3) is 4.58. The van der Waals surface area contributed by atoms with Crippen LogP contribution in [-0.4, -0.2) is 17.5 Å². The Bertz CT molecular complexity index is 323. The summed E-state index contributed by atoms with van der Waals surface area (Å²) >= 11 is 2.00. The van der Waals surface area contributed by atoms with Crippen LogP contribution >= 0.6 is 11.8 Å². The normalized spacial score (nSPS) is 12.8. The molecule has 16 heavy (non-hydrogen) atoms. The second-order valence-corrected chi connectivity index (χ2v) is 5.69. The van der Waals surface area contributed by atoms with Gasteiger partial charge in [-0.05, 0) is 37.7 Å². The van der Waals surface area contributed by atoms with Gasteiger partial charge in [0.05, 0.1) is 0 Å². The van der Waals surface area contributed by atoms with Crippen molar-refractivity contribution in [3.8, 4) is 0 Å². The Morgan fingerprint density at radius 1 is 1.31 bits per heavy atom. The zero-order chi connectivity index (χ0) is 12.0. The van der Waals surface area contributed by atoms with E-state index in [1.54, 1.807) is 0 Å². The largest absolute Gasteiger partial charge is 0.309 e. The molecule has 0 bridgehead atoms. The third-order valence-electron chi connectivity index (χ3n) is 2.71. The van der Waals surface area contributed by atoms with E-state index in [4.69, 9.17) is 0 Å². The number of thioether (sulfide) groups is 1. The summed E-state index contributed by atoms with van der Waals surface area (Å²) in [5, 5.41) is 3.57. The van der Waals surface area contributed by atoms with Gasteiger partial charge in [0.25, 0.3) is 0 Å². The summed E-state index contributed by atoms with van der Waals surface area (Å²) < 4.78 is 0. The Labute approximate surface area is 104 Å². The highest BCUT2D eigenvalue weighted by molar-refractivity contribution is 7.99. The van der Waals surface area contributed by atoms with Gasteiger partial charge in [-0.25, -0.2) is 0 Å². The average Bonchev–Trinajstić information content (AvgIpc) is 2.25. The first-order valence-electron chi connectivity index (χ1n) is 6.00. The van der Waals surface area contributed by atoms with Crippen molar-refractivity contribution in [3.05, 3.63) is 34.9 Å². The second kappa shape index (κ2) is 6.97. The standard InChI is InChI=1S/C14H23NS/c1-5-16-10-13(4)15-9-14-7-6-11(2)8-12(14)3/h6-8,13,15H,5,9-10H2,1-4H3. The highest BCUT2D eigenvalue weighted by Crippen LogP contribution is 2.11. The fourth-order valence-electron chi connectivity index (χ4n) is 1.68. The van der Waals surface area contributed by atoms with Crippen LogP contribution in [0.1, 0.15) is 30.5 Å². The lowest BCUT2D eigenvalue weighted by Crippen LogP contribution is -2.28. The summed E-state index contributed by atoms with van der Waals surface area (Å²) in [5.41, 5.74) is 4.15. The number of rotatable bonds is 6. The molecule has 0 aliphatic rings. The van der Waals surface area contributed by atoms with Crippen LogP contribution in [0.25, 0.3) is 0 Å². The molecule has 0 spiro atoms. The van der Waals surface area contributed by atoms with Gasteiger partial charge < -0.3 is 5.32 Å². The molecule has 2 heteroatoms. The topological polar surface area (TPSA) is 12.0 Å². The predicted molar refractivity (Wildman–Crippen MR) is 75.2 cm³/mol. The maximum atomic E-state index is 3.57. The summed E-state index contributed by atoms with van der Waals surface area (Å²) in [6, 6.07) is 7.26. The van der Waals surface area contributed by atoms with Crippen molar-refractivity contribution in [1.29, 1.82) is 0 Å². The molecule has 0 radical (unpaired) electrons. The van der Waals surface area contributed by atoms with Crippen molar-refractivity contribution in [1.82, 2.24) is 5.32 Å². The van der Waals surface area contributed by atoms with Crippen molar-refractivity contribution < 1.29 is 0 Å². The van der Waals surface area contributed by atoms with E-state index in [1.807, 2.05) is 11.8 Å². The zero-order valence-electron chi connectivity index (χ0n) is 10.8. The fraction of sp³-hybridized carbons (Fsp3) is 0.571. The van der Waals surface area contributed by atoms with E-state index in [0.717, 1.165) is 6.54 Å². The molecular weight excluding hydrogens is 214 g/mol. The molecular formula is C14H23NS. The summed E-state index contributed by atoms with van der Waals surface area (Å²) in [4.78, 5) is 0. The molecule has 1 nitrogen and oxygen atoms in total. The Hall–Kier alpha value is -0.470. The van der Waals surface area contributed by atoms with Gasteiger partial charge in [0.1, 0.15) is 0 Å². The van der Waals surface area contributed by atoms with Crippen LogP contribution in [0.4, 0.5) is 0 Å². The molecule has 1 rings (SSSR count). The van der Waals surface area contributed by atoms with E-state index in [1.165, 1.54) is 28.2 Å². The van der Waals surface area contributed by atoms with Crippen LogP contribution in [0.3, 0.4) is 0 Å². The lowest BCUT2D eigenvalue weighted by Gasteiger charge is -2.14. The molecule has 1 aromatic carbocycles. The maximum Gasteiger partial charge on any atom is 0.0210 e. The van der Waals surface area contributed by atoms with Crippen LogP contribution in [0.5, 0.6) is 0 Å². The van der Waals surface area contributed by atoms with Gasteiger partial charge in [-0.2, -0.15) is 11.8 Å². The fourth-order valence-corrected chi connectivity index (χ4v) is 2.39. The molecule has 1 aromatic rings. The zero-order valence-corrected chi connectivity index (χ0v) is 11.7. The average molecular weight is 237 g/mol. The minimum absolute atomic E-state index is 0.589. The summed E-state index contributed by atoms with van der Waals surface area (Å²) in [6.07, 6.45) is 0. The molecule has 1 N–H and O–H groups in total. The number of hydrogen-bond acceptors (Lipinski definition) is 2. The Morgan fingerprint density at radius 3 is 2.69 bits per heavy atom. The van der Waals surface area contributed by atoms with Gasteiger partial charge in [-0.15, -0.1) is 0 Å². The first-order chi connectivity index (χ1) is 7.63. The minimum atomic E-state index is 0.589. The molecule has 0 saturated carbocycles. The van der Waals surface area contributed by atoms with Crippen LogP contribution in [0.15, 0.2) is 18.2 Å². The Kier molecular flexibility index (Phi) is 5.93. The smallest absolute Gasteiger partial charge is 0.0210 e. The molecule has 0 aliphatic heterocycles. The van der Waals surface area contributed by atoms with Gasteiger partial charge >= 0.3 is 0 Å². The quantitative estimate of drug-likeness (QED) is 0.812. The summed E-state index contributed by atoms with van der Waals surface area (Å²) in [6.45, 7) is 9.78. The predicted octanol–water partition coefficient (Wildman–Crippen LogP) is 3.53. The number of nitrogens with one attached hydrogen (secondary N) is 1. The molecule has 1 unspecified atom stereocenters. The molecule has 0 aromatic heterocycles. The highest BCUT2D eigenvalue weighted by atomic mass is 32.2. The van der Waals surface area contributed by atoms with Crippen molar-refractivity contribution in [2.24, 2.45) is 0 Å². The Balaban J connectivity index is 2.42. The highest BCUT2D eigenvalue weighted by Gasteiger charge is 2.02. The van der Waals surface area contributed by atoms with Gasteiger partial charge in [0.15, 0.2) is 0 Å². The van der Waals surface area contributed by atoms with E-state index in [2.05, 4.69) is 51.2 Å². The molecule has 0 saturated heterocycles. The molecule has 0 amide bonds. The monoisotopic (exact) mass is 237 g/mol. The van der Waals surface area contributed by atoms with E-state index in [0.29, 0.717) is 6.04 Å². The Morgan fingerprint density at radius 2 is 2.06 bits per heavy atom. The first-order valence-corrected chi connectivity index (χ1v) is 7.16. The van der Waals surface area contributed by atoms with Crippen LogP contribution in [0.2, 0.25) is 0 Å². The van der Waals surface area contributed by atoms with Gasteiger partial charge in [0.2, 0.25) is 0 Å². The molecule has 90 valence electrons. The number of hydrogen-bond donors (Lipinski definition) is 1. The van der Waals surface area contributed by atoms with Crippen molar-refractivity contribution in [2.45, 2.75) is 40.3 Å². The third-order valence-corrected chi connectivity index (χ3v) is 3.85. The van der Waals surface area contributed by atoms with Crippen molar-refractivity contribution in [2.75, 3.05) is 11.5 Å². The maximum absolute atomic E-state index is 3.57. The van der Waals surface area contributed by atoms with Crippen LogP contribution in [-0.2, 0) is 6.54 Å². The van der Waals surface area contributed by atoms with Crippen LogP contribution in [0, 0.1) is 13.8 Å². The molecule has 1 atom stereocenters. The lowest BCUT2D eigenvalue weighted by atomic mass is 10.1. The molecule has 0 heterocycles. The van der Waals surface area contributed by atoms with Crippen LogP contribution < -0.4 is 5.32 Å². The van der Waals surface area contributed by atoms with E-state index < -0.39 is 0 Å². The SMILES string of the molecule is CCSCC(C)NCc1ccc(C)cc1C. The lowest BCUT2D eigenvalue weighted by molar-refractivity contribution is 0.594. The van der Waals surface area contributed by atoms with Gasteiger partial charge in [-0.3, -0.25) is 0 Å². The van der Waals surface area contributed by atoms with Crippen molar-refractivity contribution >= 4 is 11.8 Å². The van der Waals surface area contributed by atoms with E-state index in [9.17, 15) is 0 Å². The minimum Gasteiger partial charge on any atom is -0.309 e. The summed E-state index contributed by atoms with van der Waals surface area (Å²) in [7, 11) is 0. The molecule has 0 fully saturated rings.